The molecule has 1 saturated heterocycles. The third-order valence-corrected chi connectivity index (χ3v) is 8.70. The molecule has 6 nitrogen and oxygen atoms in total. The molecule has 0 aromatic heterocycles. The Morgan fingerprint density at radius 3 is 2.36 bits per heavy atom. The van der Waals surface area contributed by atoms with E-state index in [1.165, 1.54) is 46.4 Å². The summed E-state index contributed by atoms with van der Waals surface area (Å²) in [6, 6.07) is 10.6. The van der Waals surface area contributed by atoms with Crippen molar-refractivity contribution in [3.8, 4) is 12.8 Å². The first-order valence-electron chi connectivity index (χ1n) is 9.85. The Bertz CT molecular complexity index is 1080. The van der Waals surface area contributed by atoms with Gasteiger partial charge in [-0.1, -0.05) is 34.8 Å². The van der Waals surface area contributed by atoms with Gasteiger partial charge < -0.3 is 5.11 Å². The molecule has 2 aromatic carbocycles. The topological polar surface area (TPSA) is 77.9 Å². The fourth-order valence-electron chi connectivity index (χ4n) is 3.31. The van der Waals surface area contributed by atoms with Crippen molar-refractivity contribution in [2.24, 2.45) is 0 Å². The van der Waals surface area contributed by atoms with Crippen molar-refractivity contribution >= 4 is 68.2 Å². The van der Waals surface area contributed by atoms with Crippen LogP contribution in [0.5, 0.6) is 0 Å². The van der Waals surface area contributed by atoms with Crippen LogP contribution in [0.15, 0.2) is 47.4 Å². The van der Waals surface area contributed by atoms with E-state index >= 15 is 0 Å². The number of anilines is 1. The second kappa shape index (κ2) is 12.7. The molecule has 0 spiro atoms. The summed E-state index contributed by atoms with van der Waals surface area (Å²) in [6.45, 7) is 1.44. The zero-order valence-corrected chi connectivity index (χ0v) is 21.4. The van der Waals surface area contributed by atoms with E-state index < -0.39 is 21.4 Å². The molecule has 1 N–H and O–H groups in total. The first kappa shape index (κ1) is 27.6. The summed E-state index contributed by atoms with van der Waals surface area (Å²) in [5.41, 5.74) is 0.296. The molecule has 1 heterocycles. The van der Waals surface area contributed by atoms with Gasteiger partial charge in [-0.05, 0) is 61.9 Å². The Labute approximate surface area is 213 Å². The summed E-state index contributed by atoms with van der Waals surface area (Å²) >= 11 is 19.7. The monoisotopic (exact) mass is 548 g/mol. The van der Waals surface area contributed by atoms with Gasteiger partial charge in [0.1, 0.15) is 0 Å². The van der Waals surface area contributed by atoms with Crippen LogP contribution in [0.1, 0.15) is 12.8 Å². The zero-order chi connectivity index (χ0) is 24.6. The molecular formula is C22H23Cl3N2O4S2. The molecule has 2 aromatic rings. The van der Waals surface area contributed by atoms with E-state index in [1.54, 1.807) is 12.1 Å². The van der Waals surface area contributed by atoms with Crippen molar-refractivity contribution < 1.29 is 18.3 Å². The van der Waals surface area contributed by atoms with E-state index in [0.29, 0.717) is 41.7 Å². The molecule has 0 aliphatic carbocycles. The highest BCUT2D eigenvalue weighted by Gasteiger charge is 2.31. The molecule has 33 heavy (non-hydrogen) atoms. The van der Waals surface area contributed by atoms with Gasteiger partial charge >= 0.3 is 5.97 Å². The normalized spacial score (nSPS) is 16.1. The maximum Gasteiger partial charge on any atom is 0.331 e. The van der Waals surface area contributed by atoms with Gasteiger partial charge in [-0.3, -0.25) is 9.21 Å². The maximum atomic E-state index is 13.4. The molecule has 1 aliphatic rings. The first-order valence-corrected chi connectivity index (χ1v) is 13.5. The standard InChI is InChI=1S/C20H21Cl3N2O4S2.C2H2/c21-14-3-6-16(7-4-14)31(28,29)25(18-13-15(22)5-8-17(18)23)10-2-1-9-24-11-12-30-19(24)20(26)27;1-2/h3-8,13,19H,1-2,9-12H2,(H,26,27);1-2H. The Kier molecular flexibility index (Phi) is 10.7. The van der Waals surface area contributed by atoms with Crippen molar-refractivity contribution in [2.75, 3.05) is 29.7 Å². The molecule has 1 aliphatic heterocycles. The minimum absolute atomic E-state index is 0.0924. The molecule has 0 bridgehead atoms. The number of carbonyl (C=O) groups is 1. The molecule has 0 saturated carbocycles. The largest absolute Gasteiger partial charge is 0.479 e. The van der Waals surface area contributed by atoms with Crippen LogP contribution in [0.3, 0.4) is 0 Å². The highest BCUT2D eigenvalue weighted by atomic mass is 35.5. The van der Waals surface area contributed by atoms with E-state index in [2.05, 4.69) is 12.8 Å². The van der Waals surface area contributed by atoms with Gasteiger partial charge in [0.15, 0.2) is 5.37 Å². The van der Waals surface area contributed by atoms with E-state index in [1.807, 2.05) is 4.90 Å². The van der Waals surface area contributed by atoms with Crippen LogP contribution in [0.4, 0.5) is 5.69 Å². The van der Waals surface area contributed by atoms with Crippen LogP contribution < -0.4 is 4.31 Å². The number of nitrogens with zero attached hydrogens (tertiary/aromatic N) is 2. The third kappa shape index (κ3) is 7.19. The van der Waals surface area contributed by atoms with Crippen LogP contribution >= 0.6 is 46.6 Å². The number of terminal acetylenes is 1. The van der Waals surface area contributed by atoms with Crippen LogP contribution in [0.25, 0.3) is 0 Å². The van der Waals surface area contributed by atoms with Gasteiger partial charge in [-0.2, -0.15) is 0 Å². The predicted octanol–water partition coefficient (Wildman–Crippen LogP) is 5.33. The number of aliphatic carboxylic acids is 1. The smallest absolute Gasteiger partial charge is 0.331 e. The number of rotatable bonds is 9. The van der Waals surface area contributed by atoms with Crippen LogP contribution in [0.2, 0.25) is 15.1 Å². The molecule has 0 radical (unpaired) electrons. The van der Waals surface area contributed by atoms with Gasteiger partial charge in [0.25, 0.3) is 10.0 Å². The van der Waals surface area contributed by atoms with E-state index in [9.17, 15) is 18.3 Å². The summed E-state index contributed by atoms with van der Waals surface area (Å²) in [5, 5.41) is 9.82. The molecule has 1 atom stereocenters. The predicted molar refractivity (Wildman–Crippen MR) is 137 cm³/mol. The maximum absolute atomic E-state index is 13.4. The summed E-state index contributed by atoms with van der Waals surface area (Å²) < 4.78 is 28.0. The fraction of sp³-hybridized carbons (Fsp3) is 0.318. The van der Waals surface area contributed by atoms with E-state index in [4.69, 9.17) is 34.8 Å². The first-order chi connectivity index (χ1) is 15.7. The Morgan fingerprint density at radius 1 is 1.09 bits per heavy atom. The number of thioether (sulfide) groups is 1. The van der Waals surface area contributed by atoms with Gasteiger partial charge in [-0.15, -0.1) is 24.6 Å². The Morgan fingerprint density at radius 2 is 1.73 bits per heavy atom. The Hall–Kier alpha value is -1.60. The molecule has 178 valence electrons. The number of hydrogen-bond donors (Lipinski definition) is 1. The van der Waals surface area contributed by atoms with Gasteiger partial charge in [0, 0.05) is 28.9 Å². The quantitative estimate of drug-likeness (QED) is 0.336. The van der Waals surface area contributed by atoms with Gasteiger partial charge in [0.2, 0.25) is 0 Å². The minimum atomic E-state index is -3.91. The molecule has 1 fully saturated rings. The molecule has 3 rings (SSSR count). The van der Waals surface area contributed by atoms with E-state index in [0.717, 1.165) is 5.75 Å². The van der Waals surface area contributed by atoms with E-state index in [-0.39, 0.29) is 16.5 Å². The second-order valence-electron chi connectivity index (χ2n) is 6.93. The van der Waals surface area contributed by atoms with Gasteiger partial charge in [0.05, 0.1) is 15.6 Å². The molecule has 1 unspecified atom stereocenters. The number of hydrogen-bond acceptors (Lipinski definition) is 5. The lowest BCUT2D eigenvalue weighted by molar-refractivity contribution is -0.139. The number of halogens is 3. The molecular weight excluding hydrogens is 527 g/mol. The average Bonchev–Trinajstić information content (AvgIpc) is 3.26. The fourth-order valence-corrected chi connectivity index (χ4v) is 6.52. The summed E-state index contributed by atoms with van der Waals surface area (Å²) in [5.74, 6) is -0.0771. The number of benzene rings is 2. The van der Waals surface area contributed by atoms with Crippen molar-refractivity contribution in [3.63, 3.8) is 0 Å². The lowest BCUT2D eigenvalue weighted by atomic mass is 10.2. The number of carboxylic acids is 1. The van der Waals surface area contributed by atoms with Crippen LogP contribution in [-0.4, -0.2) is 55.2 Å². The van der Waals surface area contributed by atoms with Crippen LogP contribution in [0, 0.1) is 12.8 Å². The Balaban J connectivity index is 0.00000187. The van der Waals surface area contributed by atoms with Crippen molar-refractivity contribution in [3.05, 3.63) is 57.5 Å². The van der Waals surface area contributed by atoms with Crippen molar-refractivity contribution in [1.82, 2.24) is 4.90 Å². The highest BCUT2D eigenvalue weighted by Crippen LogP contribution is 2.33. The highest BCUT2D eigenvalue weighted by molar-refractivity contribution is 8.00. The summed E-state index contributed by atoms with van der Waals surface area (Å²) in [6.07, 6.45) is 9.15. The SMILES string of the molecule is C#C.O=C(O)C1SCCN1CCCCN(c1cc(Cl)ccc1Cl)S(=O)(=O)c1ccc(Cl)cc1. The third-order valence-electron chi connectivity index (χ3n) is 4.83. The van der Waals surface area contributed by atoms with Crippen molar-refractivity contribution in [2.45, 2.75) is 23.1 Å². The van der Waals surface area contributed by atoms with Crippen molar-refractivity contribution in [1.29, 1.82) is 0 Å². The number of unbranched alkanes of at least 4 members (excludes halogenated alkanes) is 1. The average molecular weight is 550 g/mol. The van der Waals surface area contributed by atoms with Gasteiger partial charge in [-0.25, -0.2) is 13.2 Å². The second-order valence-corrected chi connectivity index (χ2v) is 11.3. The number of carboxylic acid groups (broad SMARTS) is 1. The lowest BCUT2D eigenvalue weighted by Crippen LogP contribution is -2.36. The molecule has 0 amide bonds. The zero-order valence-electron chi connectivity index (χ0n) is 17.5. The summed E-state index contributed by atoms with van der Waals surface area (Å²) in [4.78, 5) is 13.3. The molecule has 11 heteroatoms. The lowest BCUT2D eigenvalue weighted by Gasteiger charge is -2.26. The minimum Gasteiger partial charge on any atom is -0.479 e. The number of sulfonamides is 1. The van der Waals surface area contributed by atoms with Crippen LogP contribution in [-0.2, 0) is 14.8 Å². The summed E-state index contributed by atoms with van der Waals surface area (Å²) in [7, 11) is -3.91.